The third kappa shape index (κ3) is 2.26. The maximum atomic E-state index is 12.6. The van der Waals surface area contributed by atoms with Crippen molar-refractivity contribution < 1.29 is 4.79 Å². The smallest absolute Gasteiger partial charge is 0.255 e. The number of fused-ring (bicyclic) bond motifs is 1. The van der Waals surface area contributed by atoms with Crippen molar-refractivity contribution in [2.24, 2.45) is 11.7 Å². The first-order valence-electron chi connectivity index (χ1n) is 6.68. The second-order valence-corrected chi connectivity index (χ2v) is 6.24. The first kappa shape index (κ1) is 12.6. The molecular weight excluding hydrogens is 256 g/mol. The lowest BCUT2D eigenvalue weighted by Gasteiger charge is -2.35. The van der Waals surface area contributed by atoms with Gasteiger partial charge in [-0.25, -0.2) is 0 Å². The third-order valence-corrected chi connectivity index (χ3v) is 4.98. The van der Waals surface area contributed by atoms with E-state index in [9.17, 15) is 4.79 Å². The molecule has 1 aromatic carbocycles. The summed E-state index contributed by atoms with van der Waals surface area (Å²) in [6.45, 7) is 3.65. The second kappa shape index (κ2) is 4.94. The fourth-order valence-electron chi connectivity index (χ4n) is 2.60. The van der Waals surface area contributed by atoms with Crippen LogP contribution in [0.15, 0.2) is 29.6 Å². The van der Waals surface area contributed by atoms with Crippen molar-refractivity contribution in [1.82, 2.24) is 4.90 Å². The normalized spacial score (nSPS) is 23.8. The van der Waals surface area contributed by atoms with Gasteiger partial charge in [0.25, 0.3) is 5.91 Å². The molecule has 0 aliphatic carbocycles. The summed E-state index contributed by atoms with van der Waals surface area (Å²) in [7, 11) is 0. The zero-order valence-corrected chi connectivity index (χ0v) is 11.8. The van der Waals surface area contributed by atoms with Gasteiger partial charge in [0.15, 0.2) is 0 Å². The Labute approximate surface area is 117 Å². The van der Waals surface area contributed by atoms with Gasteiger partial charge in [-0.2, -0.15) is 0 Å². The monoisotopic (exact) mass is 274 g/mol. The van der Waals surface area contributed by atoms with Gasteiger partial charge in [0, 0.05) is 34.6 Å². The third-order valence-electron chi connectivity index (χ3n) is 4.02. The second-order valence-electron chi connectivity index (χ2n) is 5.33. The van der Waals surface area contributed by atoms with Crippen molar-refractivity contribution in [3.63, 3.8) is 0 Å². The van der Waals surface area contributed by atoms with Gasteiger partial charge in [0.05, 0.1) is 5.56 Å². The molecular formula is C15H18N2OS. The van der Waals surface area contributed by atoms with Crippen molar-refractivity contribution in [1.29, 1.82) is 0 Å². The van der Waals surface area contributed by atoms with E-state index in [1.807, 2.05) is 28.5 Å². The molecule has 3 nitrogen and oxygen atoms in total. The molecule has 1 fully saturated rings. The van der Waals surface area contributed by atoms with E-state index in [0.29, 0.717) is 12.5 Å². The Hall–Kier alpha value is -1.39. The highest BCUT2D eigenvalue weighted by molar-refractivity contribution is 7.17. The van der Waals surface area contributed by atoms with Gasteiger partial charge in [-0.1, -0.05) is 25.1 Å². The van der Waals surface area contributed by atoms with Crippen molar-refractivity contribution in [2.75, 3.05) is 13.1 Å². The summed E-state index contributed by atoms with van der Waals surface area (Å²) in [6.07, 6.45) is 0.995. The number of hydrogen-bond donors (Lipinski definition) is 1. The molecule has 1 saturated heterocycles. The SMILES string of the molecule is CC1CCN(C(=O)c2csc3ccccc23)CC1N. The first-order valence-corrected chi connectivity index (χ1v) is 7.56. The zero-order chi connectivity index (χ0) is 13.4. The number of amides is 1. The van der Waals surface area contributed by atoms with Crippen LogP contribution in [-0.2, 0) is 0 Å². The predicted molar refractivity (Wildman–Crippen MR) is 79.5 cm³/mol. The molecule has 1 aromatic heterocycles. The van der Waals surface area contributed by atoms with E-state index < -0.39 is 0 Å². The first-order chi connectivity index (χ1) is 9.16. The molecule has 2 heterocycles. The lowest BCUT2D eigenvalue weighted by atomic mass is 9.94. The molecule has 19 heavy (non-hydrogen) atoms. The van der Waals surface area contributed by atoms with Gasteiger partial charge >= 0.3 is 0 Å². The van der Waals surface area contributed by atoms with Crippen LogP contribution in [0.4, 0.5) is 0 Å². The average Bonchev–Trinajstić information content (AvgIpc) is 2.85. The van der Waals surface area contributed by atoms with Crippen LogP contribution in [0.5, 0.6) is 0 Å². The van der Waals surface area contributed by atoms with Crippen LogP contribution in [-0.4, -0.2) is 29.9 Å². The molecule has 2 N–H and O–H groups in total. The summed E-state index contributed by atoms with van der Waals surface area (Å²) in [6, 6.07) is 8.16. The Morgan fingerprint density at radius 1 is 1.42 bits per heavy atom. The summed E-state index contributed by atoms with van der Waals surface area (Å²) >= 11 is 1.63. The minimum atomic E-state index is 0.0996. The highest BCUT2D eigenvalue weighted by atomic mass is 32.1. The fourth-order valence-corrected chi connectivity index (χ4v) is 3.53. The Kier molecular flexibility index (Phi) is 3.29. The molecule has 1 amide bonds. The molecule has 1 aliphatic heterocycles. The molecule has 2 atom stereocenters. The Balaban J connectivity index is 1.88. The van der Waals surface area contributed by atoms with Crippen molar-refractivity contribution in [2.45, 2.75) is 19.4 Å². The molecule has 3 rings (SSSR count). The highest BCUT2D eigenvalue weighted by Crippen LogP contribution is 2.27. The van der Waals surface area contributed by atoms with Crippen LogP contribution in [0.25, 0.3) is 10.1 Å². The Morgan fingerprint density at radius 2 is 2.21 bits per heavy atom. The number of piperidine rings is 1. The fraction of sp³-hybridized carbons (Fsp3) is 0.400. The van der Waals surface area contributed by atoms with E-state index in [0.717, 1.165) is 23.9 Å². The summed E-state index contributed by atoms with van der Waals surface area (Å²) in [4.78, 5) is 14.5. The molecule has 2 aromatic rings. The number of nitrogens with two attached hydrogens (primary N) is 1. The van der Waals surface area contributed by atoms with Crippen LogP contribution in [0.2, 0.25) is 0 Å². The number of likely N-dealkylation sites (tertiary alicyclic amines) is 1. The van der Waals surface area contributed by atoms with E-state index >= 15 is 0 Å². The van der Waals surface area contributed by atoms with Crippen molar-refractivity contribution in [3.05, 3.63) is 35.2 Å². The van der Waals surface area contributed by atoms with Gasteiger partial charge in [0.2, 0.25) is 0 Å². The van der Waals surface area contributed by atoms with E-state index in [1.54, 1.807) is 11.3 Å². The number of benzene rings is 1. The van der Waals surface area contributed by atoms with Crippen LogP contribution < -0.4 is 5.73 Å². The molecule has 4 heteroatoms. The Morgan fingerprint density at radius 3 is 3.00 bits per heavy atom. The maximum Gasteiger partial charge on any atom is 0.255 e. The summed E-state index contributed by atoms with van der Waals surface area (Å²) in [5, 5.41) is 3.03. The molecule has 1 aliphatic rings. The average molecular weight is 274 g/mol. The molecule has 0 bridgehead atoms. The standard InChI is InChI=1S/C15H18N2OS/c1-10-6-7-17(8-13(10)16)15(18)12-9-19-14-5-3-2-4-11(12)14/h2-5,9-10,13H,6-8,16H2,1H3. The quantitative estimate of drug-likeness (QED) is 0.869. The minimum Gasteiger partial charge on any atom is -0.337 e. The summed E-state index contributed by atoms with van der Waals surface area (Å²) in [5.74, 6) is 0.628. The van der Waals surface area contributed by atoms with E-state index in [2.05, 4.69) is 13.0 Å². The summed E-state index contributed by atoms with van der Waals surface area (Å²) < 4.78 is 1.17. The van der Waals surface area contributed by atoms with Crippen LogP contribution >= 0.6 is 11.3 Å². The van der Waals surface area contributed by atoms with Crippen molar-refractivity contribution in [3.8, 4) is 0 Å². The van der Waals surface area contributed by atoms with E-state index in [4.69, 9.17) is 5.73 Å². The van der Waals surface area contributed by atoms with Gasteiger partial charge < -0.3 is 10.6 Å². The summed E-state index contributed by atoms with van der Waals surface area (Å²) in [5.41, 5.74) is 6.90. The maximum absolute atomic E-state index is 12.6. The molecule has 0 spiro atoms. The van der Waals surface area contributed by atoms with Crippen molar-refractivity contribution >= 4 is 27.3 Å². The topological polar surface area (TPSA) is 46.3 Å². The lowest BCUT2D eigenvalue weighted by Crippen LogP contribution is -2.49. The molecule has 0 saturated carbocycles. The van der Waals surface area contributed by atoms with Crippen LogP contribution in [0.3, 0.4) is 0 Å². The largest absolute Gasteiger partial charge is 0.337 e. The Bertz CT molecular complexity index is 607. The van der Waals surface area contributed by atoms with Gasteiger partial charge in [0.1, 0.15) is 0 Å². The number of hydrogen-bond acceptors (Lipinski definition) is 3. The van der Waals surface area contributed by atoms with Crippen LogP contribution in [0, 0.1) is 5.92 Å². The van der Waals surface area contributed by atoms with Gasteiger partial charge in [-0.05, 0) is 18.4 Å². The number of thiophene rings is 1. The number of rotatable bonds is 1. The highest BCUT2D eigenvalue weighted by Gasteiger charge is 2.27. The predicted octanol–water partition coefficient (Wildman–Crippen LogP) is 2.71. The van der Waals surface area contributed by atoms with E-state index in [1.165, 1.54) is 4.70 Å². The van der Waals surface area contributed by atoms with Crippen LogP contribution in [0.1, 0.15) is 23.7 Å². The number of carbonyl (C=O) groups excluding carboxylic acids is 1. The molecule has 2 unspecified atom stereocenters. The lowest BCUT2D eigenvalue weighted by molar-refractivity contribution is 0.0675. The molecule has 100 valence electrons. The van der Waals surface area contributed by atoms with Gasteiger partial charge in [-0.3, -0.25) is 4.79 Å². The number of nitrogens with zero attached hydrogens (tertiary/aromatic N) is 1. The van der Waals surface area contributed by atoms with Gasteiger partial charge in [-0.15, -0.1) is 11.3 Å². The van der Waals surface area contributed by atoms with E-state index in [-0.39, 0.29) is 11.9 Å². The molecule has 0 radical (unpaired) electrons. The minimum absolute atomic E-state index is 0.0996. The number of carbonyl (C=O) groups is 1. The zero-order valence-electron chi connectivity index (χ0n) is 11.0.